The minimum atomic E-state index is -0.778. The summed E-state index contributed by atoms with van der Waals surface area (Å²) in [5.41, 5.74) is 0. The first-order valence-corrected chi connectivity index (χ1v) is 4.20. The van der Waals surface area contributed by atoms with Crippen LogP contribution in [0.4, 0.5) is 0 Å². The van der Waals surface area contributed by atoms with E-state index in [1.54, 1.807) is 6.20 Å². The van der Waals surface area contributed by atoms with E-state index in [9.17, 15) is 4.79 Å². The second-order valence-electron chi connectivity index (χ2n) is 3.14. The van der Waals surface area contributed by atoms with E-state index in [-0.39, 0.29) is 31.4 Å². The van der Waals surface area contributed by atoms with Crippen LogP contribution in [0.3, 0.4) is 0 Å². The molecule has 0 amide bonds. The van der Waals surface area contributed by atoms with E-state index in [2.05, 4.69) is 9.55 Å². The summed E-state index contributed by atoms with van der Waals surface area (Å²) in [4.78, 5) is 16.5. The van der Waals surface area contributed by atoms with Gasteiger partial charge in [-0.05, 0) is 0 Å². The van der Waals surface area contributed by atoms with Crippen molar-refractivity contribution >= 4 is 30.8 Å². The molecule has 0 saturated heterocycles. The summed E-state index contributed by atoms with van der Waals surface area (Å²) in [6.45, 7) is 2.37. The third-order valence-corrected chi connectivity index (χ3v) is 2.18. The smallest absolute Gasteiger partial charge is 0.317 e. The number of carboxylic acids is 1. The quantitative estimate of drug-likeness (QED) is 0.840. The highest BCUT2D eigenvalue weighted by molar-refractivity contribution is 5.85. The maximum Gasteiger partial charge on any atom is 0.317 e. The summed E-state index contributed by atoms with van der Waals surface area (Å²) in [7, 11) is 0. The molecule has 1 aromatic rings. The van der Waals surface area contributed by atoms with E-state index in [1.807, 2.05) is 11.1 Å². The van der Waals surface area contributed by atoms with Crippen molar-refractivity contribution in [2.75, 3.05) is 13.1 Å². The summed E-state index contributed by atoms with van der Waals surface area (Å²) < 4.78 is 2.05. The molecule has 2 heterocycles. The summed E-state index contributed by atoms with van der Waals surface area (Å²) >= 11 is 0. The van der Waals surface area contributed by atoms with Crippen molar-refractivity contribution in [3.8, 4) is 0 Å². The van der Waals surface area contributed by atoms with Crippen molar-refractivity contribution < 1.29 is 9.90 Å². The summed E-state index contributed by atoms with van der Waals surface area (Å²) in [6, 6.07) is 0. The number of carboxylic acid groups (broad SMARTS) is 1. The van der Waals surface area contributed by atoms with Crippen LogP contribution in [0.1, 0.15) is 5.82 Å². The van der Waals surface area contributed by atoms with Crippen LogP contribution < -0.4 is 0 Å². The Morgan fingerprint density at radius 1 is 1.47 bits per heavy atom. The molecule has 0 atom stereocenters. The van der Waals surface area contributed by atoms with Crippen molar-refractivity contribution in [2.45, 2.75) is 13.1 Å². The molecule has 0 fully saturated rings. The molecule has 86 valence electrons. The van der Waals surface area contributed by atoms with Gasteiger partial charge in [0.25, 0.3) is 0 Å². The van der Waals surface area contributed by atoms with Crippen LogP contribution >= 0.6 is 24.8 Å². The Morgan fingerprint density at radius 3 is 2.87 bits per heavy atom. The molecule has 1 aromatic heterocycles. The number of nitrogens with zero attached hydrogens (tertiary/aromatic N) is 3. The van der Waals surface area contributed by atoms with Crippen molar-refractivity contribution in [1.82, 2.24) is 14.5 Å². The topological polar surface area (TPSA) is 58.4 Å². The van der Waals surface area contributed by atoms with Crippen LogP contribution in [0.5, 0.6) is 0 Å². The van der Waals surface area contributed by atoms with E-state index in [1.165, 1.54) is 0 Å². The number of fused-ring (bicyclic) bond motifs is 1. The number of hydrogen-bond donors (Lipinski definition) is 1. The molecule has 0 radical (unpaired) electrons. The number of carbonyl (C=O) groups is 1. The van der Waals surface area contributed by atoms with Gasteiger partial charge < -0.3 is 9.67 Å². The fourth-order valence-electron chi connectivity index (χ4n) is 1.55. The minimum Gasteiger partial charge on any atom is -0.480 e. The maximum absolute atomic E-state index is 10.4. The molecule has 0 aromatic carbocycles. The Morgan fingerprint density at radius 2 is 2.20 bits per heavy atom. The van der Waals surface area contributed by atoms with Crippen molar-refractivity contribution in [2.24, 2.45) is 0 Å². The van der Waals surface area contributed by atoms with Gasteiger partial charge >= 0.3 is 5.97 Å². The standard InChI is InChI=1S/C8H11N3O2.2ClH/c12-8(13)6-10-3-4-11-2-1-9-7(11)5-10;;/h1-2H,3-6H2,(H,12,13);2*1H. The van der Waals surface area contributed by atoms with E-state index in [0.29, 0.717) is 6.54 Å². The van der Waals surface area contributed by atoms with Gasteiger partial charge in [0.1, 0.15) is 5.82 Å². The Kier molecular flexibility index (Phi) is 5.64. The summed E-state index contributed by atoms with van der Waals surface area (Å²) in [5.74, 6) is 0.174. The zero-order valence-corrected chi connectivity index (χ0v) is 9.63. The molecule has 1 aliphatic heterocycles. The van der Waals surface area contributed by atoms with Gasteiger partial charge in [-0.25, -0.2) is 4.98 Å². The van der Waals surface area contributed by atoms with Crippen LogP contribution in [0.25, 0.3) is 0 Å². The number of rotatable bonds is 2. The lowest BCUT2D eigenvalue weighted by Crippen LogP contribution is -2.37. The van der Waals surface area contributed by atoms with Crippen molar-refractivity contribution in [3.63, 3.8) is 0 Å². The lowest BCUT2D eigenvalue weighted by Gasteiger charge is -2.25. The molecular weight excluding hydrogens is 241 g/mol. The molecule has 0 spiro atoms. The molecule has 1 N–H and O–H groups in total. The Bertz CT molecular complexity index is 329. The van der Waals surface area contributed by atoms with Crippen LogP contribution in [0.15, 0.2) is 12.4 Å². The molecule has 7 heteroatoms. The van der Waals surface area contributed by atoms with Crippen LogP contribution in [-0.4, -0.2) is 38.6 Å². The highest BCUT2D eigenvalue weighted by Gasteiger charge is 2.17. The molecule has 0 saturated carbocycles. The van der Waals surface area contributed by atoms with E-state index >= 15 is 0 Å². The van der Waals surface area contributed by atoms with Crippen LogP contribution in [0.2, 0.25) is 0 Å². The Hall–Kier alpha value is -0.780. The van der Waals surface area contributed by atoms with Gasteiger partial charge in [0, 0.05) is 25.5 Å². The normalized spacial score (nSPS) is 14.7. The zero-order valence-electron chi connectivity index (χ0n) is 8.00. The SMILES string of the molecule is Cl.Cl.O=C(O)CN1CCn2ccnc2C1. The lowest BCUT2D eigenvalue weighted by atomic mass is 10.3. The molecule has 0 bridgehead atoms. The van der Waals surface area contributed by atoms with Crippen molar-refractivity contribution in [1.29, 1.82) is 0 Å². The number of imidazole rings is 1. The molecular formula is C8H13Cl2N3O2. The Labute approximate surface area is 99.9 Å². The van der Waals surface area contributed by atoms with E-state index in [0.717, 1.165) is 18.9 Å². The predicted molar refractivity (Wildman–Crippen MR) is 59.6 cm³/mol. The first-order chi connectivity index (χ1) is 6.25. The summed E-state index contributed by atoms with van der Waals surface area (Å²) in [5, 5.41) is 8.60. The van der Waals surface area contributed by atoms with Gasteiger partial charge in [-0.1, -0.05) is 0 Å². The lowest BCUT2D eigenvalue weighted by molar-refractivity contribution is -0.138. The van der Waals surface area contributed by atoms with Gasteiger partial charge in [-0.3, -0.25) is 9.69 Å². The third-order valence-electron chi connectivity index (χ3n) is 2.18. The average Bonchev–Trinajstić information content (AvgIpc) is 2.49. The van der Waals surface area contributed by atoms with Gasteiger partial charge in [0.05, 0.1) is 13.1 Å². The molecule has 5 nitrogen and oxygen atoms in total. The minimum absolute atomic E-state index is 0. The third kappa shape index (κ3) is 3.37. The fraction of sp³-hybridized carbons (Fsp3) is 0.500. The van der Waals surface area contributed by atoms with E-state index < -0.39 is 5.97 Å². The molecule has 15 heavy (non-hydrogen) atoms. The van der Waals surface area contributed by atoms with Gasteiger partial charge in [-0.15, -0.1) is 24.8 Å². The molecule has 0 unspecified atom stereocenters. The maximum atomic E-state index is 10.4. The van der Waals surface area contributed by atoms with Gasteiger partial charge in [-0.2, -0.15) is 0 Å². The Balaban J connectivity index is 0.000000980. The van der Waals surface area contributed by atoms with Crippen molar-refractivity contribution in [3.05, 3.63) is 18.2 Å². The first kappa shape index (κ1) is 14.2. The average molecular weight is 254 g/mol. The highest BCUT2D eigenvalue weighted by Crippen LogP contribution is 2.08. The number of aromatic nitrogens is 2. The number of halogens is 2. The number of hydrogen-bond acceptors (Lipinski definition) is 3. The monoisotopic (exact) mass is 253 g/mol. The largest absolute Gasteiger partial charge is 0.480 e. The summed E-state index contributed by atoms with van der Waals surface area (Å²) in [6.07, 6.45) is 3.67. The van der Waals surface area contributed by atoms with E-state index in [4.69, 9.17) is 5.11 Å². The molecule has 2 rings (SSSR count). The van der Waals surface area contributed by atoms with Gasteiger partial charge in [0.15, 0.2) is 0 Å². The first-order valence-electron chi connectivity index (χ1n) is 4.20. The fourth-order valence-corrected chi connectivity index (χ4v) is 1.55. The second-order valence-corrected chi connectivity index (χ2v) is 3.14. The number of aliphatic carboxylic acids is 1. The second kappa shape index (κ2) is 5.95. The van der Waals surface area contributed by atoms with Gasteiger partial charge in [0.2, 0.25) is 0 Å². The highest BCUT2D eigenvalue weighted by atomic mass is 35.5. The van der Waals surface area contributed by atoms with Crippen LogP contribution in [0, 0.1) is 0 Å². The molecule has 0 aliphatic carbocycles. The predicted octanol–water partition coefficient (Wildman–Crippen LogP) is 0.627. The molecule has 1 aliphatic rings. The van der Waals surface area contributed by atoms with Crippen LogP contribution in [-0.2, 0) is 17.9 Å². The zero-order chi connectivity index (χ0) is 9.26.